The van der Waals surface area contributed by atoms with E-state index < -0.39 is 86.6 Å². The second-order valence-corrected chi connectivity index (χ2v) is 18.2. The molecule has 4 amide bonds. The molecule has 4 aliphatic rings. The Labute approximate surface area is 380 Å². The van der Waals surface area contributed by atoms with Crippen LogP contribution in [0.5, 0.6) is 11.5 Å². The van der Waals surface area contributed by atoms with Crippen LogP contribution in [0.4, 0.5) is 15.2 Å². The lowest BCUT2D eigenvalue weighted by Gasteiger charge is -2.50. The van der Waals surface area contributed by atoms with Gasteiger partial charge in [-0.25, -0.2) is 19.0 Å². The first-order valence-electron chi connectivity index (χ1n) is 20.2. The highest BCUT2D eigenvalue weighted by atomic mass is 32.2. The van der Waals surface area contributed by atoms with E-state index in [0.717, 1.165) is 47.3 Å². The monoisotopic (exact) mass is 948 g/mol. The van der Waals surface area contributed by atoms with Crippen LogP contribution in [0.3, 0.4) is 0 Å². The molecule has 0 bridgehead atoms. The number of aliphatic carboxylic acids is 1. The maximum atomic E-state index is 15.6. The summed E-state index contributed by atoms with van der Waals surface area (Å²) in [6.07, 6.45) is 2.92. The standard InChI is InChI=1S/C41H41FN10O12S2/c1-41(2,39(63)47-46-33(56)18-3-6-27(53)28(54)11-18)64-48-29(24-17-66-40(43)44-24)34(57)45-30-35(58)52-31(38(61)62)19(16-65-36(30)52)14-49-7-9-50(10-8-49)26-13-25-21(12-23(26)42)32(55)22(37(59)60)15-51(25)20-4-5-20/h3,6,11-13,15,17,20,30,36,53-54H,4-5,7-10,14,16H2,1-2H3,(H2,43,44)(H,45,57)(H,46,56)(H,47,63)(H,59,60)(H,61,62)/b48-29-/t30-,36-/m1/s1. The fourth-order valence-corrected chi connectivity index (χ4v) is 9.53. The number of phenols is 2. The molecule has 0 radical (unpaired) electrons. The number of hydrazine groups is 1. The number of aromatic nitrogens is 2. The average molecular weight is 949 g/mol. The molecule has 346 valence electrons. The van der Waals surface area contributed by atoms with Crippen molar-refractivity contribution in [1.29, 1.82) is 0 Å². The van der Waals surface area contributed by atoms with Crippen LogP contribution in [0.2, 0.25) is 0 Å². The van der Waals surface area contributed by atoms with E-state index in [1.807, 2.05) is 9.80 Å². The second-order valence-electron chi connectivity index (χ2n) is 16.2. The van der Waals surface area contributed by atoms with Crippen molar-refractivity contribution >= 4 is 86.1 Å². The minimum Gasteiger partial charge on any atom is -0.504 e. The van der Waals surface area contributed by atoms with Crippen molar-refractivity contribution in [3.63, 3.8) is 0 Å². The number of fused-ring (bicyclic) bond motifs is 2. The SMILES string of the molecule is CC(C)(O/N=C(\C(=O)N[C@@H]1C(=O)N2C(C(=O)O)=C(CN3CCN(c4cc5c(cc4F)c(=O)c(C(=O)O)cn5C4CC4)CC3)CS[C@H]12)c1csc(N)n1)C(=O)NNC(=O)c1ccc(O)c(O)c1. The fourth-order valence-electron chi connectivity index (χ4n) is 7.64. The van der Waals surface area contributed by atoms with Crippen LogP contribution < -0.4 is 32.2 Å². The number of halogens is 1. The summed E-state index contributed by atoms with van der Waals surface area (Å²) in [4.78, 5) is 105. The number of thioether (sulfide) groups is 1. The number of piperazine rings is 1. The molecule has 0 spiro atoms. The zero-order valence-electron chi connectivity index (χ0n) is 34.9. The maximum Gasteiger partial charge on any atom is 0.352 e. The zero-order chi connectivity index (χ0) is 47.4. The molecule has 22 nitrogen and oxygen atoms in total. The number of nitrogens with two attached hydrogens (primary N) is 1. The van der Waals surface area contributed by atoms with Gasteiger partial charge in [0.25, 0.3) is 23.6 Å². The van der Waals surface area contributed by atoms with E-state index in [4.69, 9.17) is 10.6 Å². The quantitative estimate of drug-likeness (QED) is 0.0403. The van der Waals surface area contributed by atoms with Gasteiger partial charge in [0.15, 0.2) is 22.3 Å². The number of β-lactam (4-membered cyclic amide) rings is 1. The summed E-state index contributed by atoms with van der Waals surface area (Å²) in [5.74, 6) is -7.65. The predicted molar refractivity (Wildman–Crippen MR) is 235 cm³/mol. The largest absolute Gasteiger partial charge is 0.504 e. The molecule has 1 saturated carbocycles. The third-order valence-electron chi connectivity index (χ3n) is 11.4. The predicted octanol–water partition coefficient (Wildman–Crippen LogP) is 1.14. The van der Waals surface area contributed by atoms with Crippen molar-refractivity contribution in [2.75, 3.05) is 49.1 Å². The first-order chi connectivity index (χ1) is 31.3. The number of oxime groups is 1. The van der Waals surface area contributed by atoms with Gasteiger partial charge in [-0.15, -0.1) is 23.1 Å². The lowest BCUT2D eigenvalue weighted by atomic mass is 10.0. The average Bonchev–Trinajstić information content (AvgIpc) is 4.04. The van der Waals surface area contributed by atoms with Gasteiger partial charge in [-0.3, -0.25) is 44.6 Å². The lowest BCUT2D eigenvalue weighted by molar-refractivity contribution is -0.150. The Balaban J connectivity index is 0.915. The number of nitrogen functional groups attached to an aromatic ring is 1. The Kier molecular flexibility index (Phi) is 12.1. The summed E-state index contributed by atoms with van der Waals surface area (Å²) in [6, 6.07) is 4.73. The van der Waals surface area contributed by atoms with Crippen molar-refractivity contribution < 1.29 is 58.4 Å². The van der Waals surface area contributed by atoms with Gasteiger partial charge in [0, 0.05) is 67.0 Å². The van der Waals surface area contributed by atoms with Gasteiger partial charge in [0.05, 0.1) is 11.2 Å². The van der Waals surface area contributed by atoms with Crippen LogP contribution >= 0.6 is 23.1 Å². The summed E-state index contributed by atoms with van der Waals surface area (Å²) in [5, 5.41) is 46.2. The van der Waals surface area contributed by atoms with Gasteiger partial charge >= 0.3 is 11.9 Å². The molecule has 9 N–H and O–H groups in total. The topological polar surface area (TPSA) is 312 Å². The smallest absolute Gasteiger partial charge is 0.352 e. The normalized spacial score (nSPS) is 19.0. The van der Waals surface area contributed by atoms with E-state index in [1.165, 1.54) is 43.3 Å². The number of nitrogens with one attached hydrogen (secondary N) is 3. The van der Waals surface area contributed by atoms with Crippen LogP contribution in [0, 0.1) is 5.82 Å². The first kappa shape index (κ1) is 45.3. The van der Waals surface area contributed by atoms with E-state index >= 15 is 4.39 Å². The zero-order valence-corrected chi connectivity index (χ0v) is 36.6. The number of rotatable bonds is 13. The third-order valence-corrected chi connectivity index (χ3v) is 13.4. The number of carboxylic acid groups (broad SMARTS) is 2. The van der Waals surface area contributed by atoms with Gasteiger partial charge in [-0.2, -0.15) is 0 Å². The van der Waals surface area contributed by atoms with Crippen molar-refractivity contribution in [3.8, 4) is 11.5 Å². The first-order valence-corrected chi connectivity index (χ1v) is 22.2. The number of hydrogen-bond acceptors (Lipinski definition) is 17. The van der Waals surface area contributed by atoms with E-state index in [1.54, 1.807) is 10.6 Å². The third kappa shape index (κ3) is 8.78. The molecule has 0 unspecified atom stereocenters. The number of hydrogen-bond donors (Lipinski definition) is 8. The molecular weight excluding hydrogens is 908 g/mol. The number of anilines is 2. The molecule has 2 aromatic carbocycles. The molecule has 4 aromatic rings. The number of amides is 4. The van der Waals surface area contributed by atoms with Crippen molar-refractivity contribution in [1.82, 2.24) is 35.5 Å². The molecule has 66 heavy (non-hydrogen) atoms. The Morgan fingerprint density at radius 2 is 1.73 bits per heavy atom. The van der Waals surface area contributed by atoms with Gasteiger partial charge in [-0.1, -0.05) is 5.16 Å². The molecule has 2 atom stereocenters. The molecule has 3 fully saturated rings. The highest BCUT2D eigenvalue weighted by molar-refractivity contribution is 8.00. The molecule has 1 aliphatic carbocycles. The number of benzene rings is 2. The number of nitrogens with zero attached hydrogens (tertiary/aromatic N) is 6. The summed E-state index contributed by atoms with van der Waals surface area (Å²) >= 11 is 2.21. The van der Waals surface area contributed by atoms with Crippen molar-refractivity contribution in [2.45, 2.75) is 49.7 Å². The van der Waals surface area contributed by atoms with Gasteiger partial charge < -0.3 is 45.8 Å². The summed E-state index contributed by atoms with van der Waals surface area (Å²) in [7, 11) is 0. The maximum absolute atomic E-state index is 15.6. The molecular formula is C41H41FN10O12S2. The van der Waals surface area contributed by atoms with E-state index in [-0.39, 0.29) is 51.5 Å². The minimum atomic E-state index is -1.84. The number of carbonyl (C=O) groups is 6. The van der Waals surface area contributed by atoms with Crippen molar-refractivity contribution in [2.24, 2.45) is 5.16 Å². The molecule has 25 heteroatoms. The number of phenolic OH excluding ortho intramolecular Hbond substituents is 2. The second kappa shape index (κ2) is 17.6. The molecule has 8 rings (SSSR count). The number of thiazole rings is 1. The number of aromatic hydroxyl groups is 2. The van der Waals surface area contributed by atoms with Crippen LogP contribution in [-0.2, 0) is 24.0 Å². The van der Waals surface area contributed by atoms with Crippen LogP contribution in [0.25, 0.3) is 10.9 Å². The Hall–Kier alpha value is -7.25. The Bertz CT molecular complexity index is 2850. The highest BCUT2D eigenvalue weighted by Crippen LogP contribution is 2.41. The Morgan fingerprint density at radius 1 is 1.00 bits per heavy atom. The molecule has 2 saturated heterocycles. The van der Waals surface area contributed by atoms with Crippen LogP contribution in [-0.4, -0.2) is 137 Å². The van der Waals surface area contributed by atoms with Crippen molar-refractivity contribution in [3.05, 3.63) is 86.0 Å². The summed E-state index contributed by atoms with van der Waals surface area (Å²) in [5.41, 5.74) is 7.40. The lowest BCUT2D eigenvalue weighted by Crippen LogP contribution is -2.71. The van der Waals surface area contributed by atoms with Gasteiger partial charge in [-0.05, 0) is 62.6 Å². The Morgan fingerprint density at radius 3 is 2.36 bits per heavy atom. The van der Waals surface area contributed by atoms with Crippen LogP contribution in [0.1, 0.15) is 59.1 Å². The number of aromatic carboxylic acids is 1. The number of pyridine rings is 1. The van der Waals surface area contributed by atoms with E-state index in [2.05, 4.69) is 26.3 Å². The number of carbonyl (C=O) groups excluding carboxylic acids is 4. The fraction of sp³-hybridized carbons (Fsp3) is 0.341. The molecule has 5 heterocycles. The summed E-state index contributed by atoms with van der Waals surface area (Å²) in [6.45, 7) is 4.21. The van der Waals surface area contributed by atoms with Crippen LogP contribution in [0.15, 0.2) is 63.1 Å². The van der Waals surface area contributed by atoms with Gasteiger partial charge in [0.2, 0.25) is 11.0 Å². The minimum absolute atomic E-state index is 0.00707. The van der Waals surface area contributed by atoms with E-state index in [0.29, 0.717) is 37.3 Å². The summed E-state index contributed by atoms with van der Waals surface area (Å²) < 4.78 is 17.3. The molecule has 2 aromatic heterocycles. The molecule has 3 aliphatic heterocycles. The number of carboxylic acids is 2. The van der Waals surface area contributed by atoms with Gasteiger partial charge in [0.1, 0.15) is 34.2 Å². The van der Waals surface area contributed by atoms with E-state index in [9.17, 15) is 54.0 Å². The highest BCUT2D eigenvalue weighted by Gasteiger charge is 2.54.